The summed E-state index contributed by atoms with van der Waals surface area (Å²) in [6.07, 6.45) is 0.903. The van der Waals surface area contributed by atoms with Gasteiger partial charge in [-0.15, -0.1) is 11.3 Å². The van der Waals surface area contributed by atoms with Crippen molar-refractivity contribution in [1.29, 1.82) is 0 Å². The van der Waals surface area contributed by atoms with Crippen LogP contribution < -0.4 is 0 Å². The SMILES string of the molecule is Cc1ccsc1C(=O)N1CCc2[nH]c3ccccc3c2C1. The van der Waals surface area contributed by atoms with Crippen LogP contribution in [0, 0.1) is 6.92 Å². The quantitative estimate of drug-likeness (QED) is 0.729. The molecule has 0 unspecified atom stereocenters. The van der Waals surface area contributed by atoms with E-state index >= 15 is 0 Å². The fraction of sp³-hybridized carbons (Fsp3) is 0.235. The second kappa shape index (κ2) is 4.74. The summed E-state index contributed by atoms with van der Waals surface area (Å²) in [5, 5.41) is 3.23. The van der Waals surface area contributed by atoms with E-state index in [1.165, 1.54) is 33.5 Å². The fourth-order valence-electron chi connectivity index (χ4n) is 3.08. The number of rotatable bonds is 1. The van der Waals surface area contributed by atoms with Gasteiger partial charge in [-0.25, -0.2) is 0 Å². The number of carbonyl (C=O) groups excluding carboxylic acids is 1. The molecule has 1 aliphatic heterocycles. The lowest BCUT2D eigenvalue weighted by atomic mass is 10.0. The van der Waals surface area contributed by atoms with Gasteiger partial charge in [0, 0.05) is 41.7 Å². The maximum absolute atomic E-state index is 12.7. The molecule has 0 spiro atoms. The van der Waals surface area contributed by atoms with Crippen LogP contribution in [0.2, 0.25) is 0 Å². The van der Waals surface area contributed by atoms with E-state index in [-0.39, 0.29) is 5.91 Å². The Morgan fingerprint density at radius 1 is 1.29 bits per heavy atom. The molecular formula is C17H16N2OS. The summed E-state index contributed by atoms with van der Waals surface area (Å²) in [5.74, 6) is 0.165. The predicted molar refractivity (Wildman–Crippen MR) is 85.8 cm³/mol. The molecule has 4 heteroatoms. The molecule has 106 valence electrons. The number of para-hydroxylation sites is 1. The summed E-state index contributed by atoms with van der Waals surface area (Å²) in [4.78, 5) is 19.0. The largest absolute Gasteiger partial charge is 0.358 e. The van der Waals surface area contributed by atoms with E-state index in [0.29, 0.717) is 6.54 Å². The van der Waals surface area contributed by atoms with Crippen molar-refractivity contribution in [3.63, 3.8) is 0 Å². The van der Waals surface area contributed by atoms with Gasteiger partial charge >= 0.3 is 0 Å². The van der Waals surface area contributed by atoms with Crippen LogP contribution in [-0.2, 0) is 13.0 Å². The number of H-pyrrole nitrogens is 1. The minimum atomic E-state index is 0.165. The molecule has 3 aromatic rings. The Bertz CT molecular complexity index is 830. The Balaban J connectivity index is 1.70. The minimum absolute atomic E-state index is 0.165. The highest BCUT2D eigenvalue weighted by molar-refractivity contribution is 7.12. The Kier molecular flexibility index (Phi) is 2.86. The van der Waals surface area contributed by atoms with E-state index in [0.717, 1.165) is 23.4 Å². The number of aromatic nitrogens is 1. The molecule has 0 aliphatic carbocycles. The topological polar surface area (TPSA) is 36.1 Å². The molecule has 0 atom stereocenters. The predicted octanol–water partition coefficient (Wildman–Crippen LogP) is 3.74. The minimum Gasteiger partial charge on any atom is -0.358 e. The third-order valence-electron chi connectivity index (χ3n) is 4.23. The number of amides is 1. The van der Waals surface area contributed by atoms with E-state index in [9.17, 15) is 4.79 Å². The van der Waals surface area contributed by atoms with Crippen molar-refractivity contribution in [1.82, 2.24) is 9.88 Å². The van der Waals surface area contributed by atoms with Gasteiger partial charge in [0.05, 0.1) is 4.88 Å². The molecule has 0 saturated carbocycles. The molecule has 0 fully saturated rings. The summed E-state index contributed by atoms with van der Waals surface area (Å²) in [6, 6.07) is 10.3. The van der Waals surface area contributed by atoms with Crippen molar-refractivity contribution in [3.8, 4) is 0 Å². The van der Waals surface area contributed by atoms with E-state index in [2.05, 4.69) is 23.2 Å². The number of aromatic amines is 1. The lowest BCUT2D eigenvalue weighted by Crippen LogP contribution is -2.35. The summed E-state index contributed by atoms with van der Waals surface area (Å²) in [5.41, 5.74) is 4.81. The zero-order valence-electron chi connectivity index (χ0n) is 11.8. The summed E-state index contributed by atoms with van der Waals surface area (Å²) in [6.45, 7) is 3.50. The molecule has 3 heterocycles. The Hall–Kier alpha value is -2.07. The number of hydrogen-bond acceptors (Lipinski definition) is 2. The van der Waals surface area contributed by atoms with Crippen molar-refractivity contribution >= 4 is 28.1 Å². The van der Waals surface area contributed by atoms with Gasteiger partial charge in [0.15, 0.2) is 0 Å². The Morgan fingerprint density at radius 2 is 2.14 bits per heavy atom. The first-order chi connectivity index (χ1) is 10.2. The number of benzene rings is 1. The first-order valence-corrected chi connectivity index (χ1v) is 8.04. The number of aryl methyl sites for hydroxylation is 1. The van der Waals surface area contributed by atoms with Gasteiger partial charge in [0.2, 0.25) is 0 Å². The molecule has 2 aromatic heterocycles. The van der Waals surface area contributed by atoms with Crippen LogP contribution in [0.15, 0.2) is 35.7 Å². The molecule has 1 amide bonds. The van der Waals surface area contributed by atoms with Crippen LogP contribution in [0.4, 0.5) is 0 Å². The summed E-state index contributed by atoms with van der Waals surface area (Å²) in [7, 11) is 0. The van der Waals surface area contributed by atoms with E-state index in [1.807, 2.05) is 29.3 Å². The first kappa shape index (κ1) is 12.7. The van der Waals surface area contributed by atoms with Crippen molar-refractivity contribution in [2.24, 2.45) is 0 Å². The third-order valence-corrected chi connectivity index (χ3v) is 5.23. The second-order valence-electron chi connectivity index (χ2n) is 5.54. The molecular weight excluding hydrogens is 280 g/mol. The Labute approximate surface area is 127 Å². The zero-order chi connectivity index (χ0) is 14.4. The molecule has 0 radical (unpaired) electrons. The maximum atomic E-state index is 12.7. The first-order valence-electron chi connectivity index (χ1n) is 7.16. The molecule has 1 N–H and O–H groups in total. The van der Waals surface area contributed by atoms with E-state index in [1.54, 1.807) is 0 Å². The van der Waals surface area contributed by atoms with Crippen LogP contribution in [0.25, 0.3) is 10.9 Å². The van der Waals surface area contributed by atoms with Crippen molar-refractivity contribution in [2.45, 2.75) is 19.9 Å². The molecule has 4 rings (SSSR count). The molecule has 0 saturated heterocycles. The van der Waals surface area contributed by atoms with Crippen LogP contribution in [0.3, 0.4) is 0 Å². The second-order valence-corrected chi connectivity index (χ2v) is 6.45. The van der Waals surface area contributed by atoms with Gasteiger partial charge < -0.3 is 9.88 Å². The fourth-order valence-corrected chi connectivity index (χ4v) is 3.97. The summed E-state index contributed by atoms with van der Waals surface area (Å²) < 4.78 is 0. The molecule has 0 bridgehead atoms. The molecule has 21 heavy (non-hydrogen) atoms. The maximum Gasteiger partial charge on any atom is 0.264 e. The van der Waals surface area contributed by atoms with Gasteiger partial charge in [-0.1, -0.05) is 18.2 Å². The average Bonchev–Trinajstić information content (AvgIpc) is 3.09. The van der Waals surface area contributed by atoms with E-state index in [4.69, 9.17) is 0 Å². The van der Waals surface area contributed by atoms with Crippen LogP contribution in [-0.4, -0.2) is 22.3 Å². The number of nitrogens with zero attached hydrogens (tertiary/aromatic N) is 1. The number of fused-ring (bicyclic) bond motifs is 3. The van der Waals surface area contributed by atoms with Gasteiger partial charge in [-0.3, -0.25) is 4.79 Å². The third kappa shape index (κ3) is 1.98. The van der Waals surface area contributed by atoms with Crippen LogP contribution in [0.1, 0.15) is 26.5 Å². The summed E-state index contributed by atoms with van der Waals surface area (Å²) >= 11 is 1.54. The monoisotopic (exact) mass is 296 g/mol. The number of nitrogens with one attached hydrogen (secondary N) is 1. The molecule has 1 aliphatic rings. The van der Waals surface area contributed by atoms with Gasteiger partial charge in [0.25, 0.3) is 5.91 Å². The standard InChI is InChI=1S/C17H16N2OS/c1-11-7-9-21-16(11)17(20)19-8-6-15-13(10-19)12-4-2-3-5-14(12)18-15/h2-5,7,9,18H,6,8,10H2,1H3. The number of thiophene rings is 1. The van der Waals surface area contributed by atoms with Crippen molar-refractivity contribution in [3.05, 3.63) is 57.4 Å². The molecule has 3 nitrogen and oxygen atoms in total. The van der Waals surface area contributed by atoms with Gasteiger partial charge in [0.1, 0.15) is 0 Å². The highest BCUT2D eigenvalue weighted by Gasteiger charge is 2.25. The zero-order valence-corrected chi connectivity index (χ0v) is 12.7. The van der Waals surface area contributed by atoms with Crippen LogP contribution in [0.5, 0.6) is 0 Å². The number of carbonyl (C=O) groups is 1. The lowest BCUT2D eigenvalue weighted by molar-refractivity contribution is 0.0739. The van der Waals surface area contributed by atoms with Gasteiger partial charge in [-0.05, 0) is 30.0 Å². The van der Waals surface area contributed by atoms with Gasteiger partial charge in [-0.2, -0.15) is 0 Å². The lowest BCUT2D eigenvalue weighted by Gasteiger charge is -2.27. The Morgan fingerprint density at radius 3 is 2.95 bits per heavy atom. The highest BCUT2D eigenvalue weighted by Crippen LogP contribution is 2.29. The van der Waals surface area contributed by atoms with E-state index < -0.39 is 0 Å². The van der Waals surface area contributed by atoms with Crippen molar-refractivity contribution < 1.29 is 4.79 Å². The smallest absolute Gasteiger partial charge is 0.264 e. The molecule has 1 aromatic carbocycles. The normalized spacial score (nSPS) is 14.4. The average molecular weight is 296 g/mol. The van der Waals surface area contributed by atoms with Crippen LogP contribution >= 0.6 is 11.3 Å². The van der Waals surface area contributed by atoms with Crippen molar-refractivity contribution in [2.75, 3.05) is 6.54 Å². The highest BCUT2D eigenvalue weighted by atomic mass is 32.1. The number of hydrogen-bond donors (Lipinski definition) is 1.